The van der Waals surface area contributed by atoms with Gasteiger partial charge in [0.25, 0.3) is 0 Å². The summed E-state index contributed by atoms with van der Waals surface area (Å²) >= 11 is 0. The molecule has 0 bridgehead atoms. The van der Waals surface area contributed by atoms with Crippen molar-refractivity contribution in [1.82, 2.24) is 0 Å². The summed E-state index contributed by atoms with van der Waals surface area (Å²) in [5.41, 5.74) is -0.168. The quantitative estimate of drug-likeness (QED) is 0.473. The van der Waals surface area contributed by atoms with E-state index in [4.69, 9.17) is 15.3 Å². The molecular weight excluding hydrogens is 216 g/mol. The number of hydrogen-bond donors (Lipinski definition) is 5. The Morgan fingerprint density at radius 1 is 1.31 bits per heavy atom. The van der Waals surface area contributed by atoms with Gasteiger partial charge in [0.05, 0.1) is 6.61 Å². The van der Waals surface area contributed by atoms with Crippen LogP contribution in [-0.4, -0.2) is 44.2 Å². The molecule has 0 spiro atoms. The van der Waals surface area contributed by atoms with Crippen LogP contribution in [-0.2, 0) is 0 Å². The van der Waals surface area contributed by atoms with Crippen LogP contribution in [0.5, 0.6) is 5.75 Å². The molecule has 0 saturated carbocycles. The van der Waals surface area contributed by atoms with E-state index in [9.17, 15) is 15.0 Å². The van der Waals surface area contributed by atoms with Crippen molar-refractivity contribution in [3.05, 3.63) is 29.3 Å². The SMILES string of the molecule is O=C(O)c1ccc(C(O)C(O)CO)cc1O. The lowest BCUT2D eigenvalue weighted by atomic mass is 10.0. The second kappa shape index (κ2) is 4.93. The van der Waals surface area contributed by atoms with Crippen LogP contribution in [0.3, 0.4) is 0 Å². The molecule has 6 nitrogen and oxygen atoms in total. The highest BCUT2D eigenvalue weighted by Gasteiger charge is 2.19. The van der Waals surface area contributed by atoms with E-state index < -0.39 is 30.5 Å². The highest BCUT2D eigenvalue weighted by molar-refractivity contribution is 5.90. The average molecular weight is 228 g/mol. The molecule has 0 fully saturated rings. The number of hydrogen-bond acceptors (Lipinski definition) is 5. The second-order valence-electron chi connectivity index (χ2n) is 3.28. The van der Waals surface area contributed by atoms with Gasteiger partial charge in [-0.15, -0.1) is 0 Å². The van der Waals surface area contributed by atoms with E-state index in [2.05, 4.69) is 0 Å². The maximum absolute atomic E-state index is 10.6. The molecule has 2 unspecified atom stereocenters. The van der Waals surface area contributed by atoms with Gasteiger partial charge in [0.1, 0.15) is 23.5 Å². The lowest BCUT2D eigenvalue weighted by Gasteiger charge is -2.16. The Morgan fingerprint density at radius 2 is 1.94 bits per heavy atom. The van der Waals surface area contributed by atoms with Gasteiger partial charge in [-0.3, -0.25) is 0 Å². The van der Waals surface area contributed by atoms with Crippen molar-refractivity contribution in [3.8, 4) is 5.75 Å². The molecule has 5 N–H and O–H groups in total. The molecule has 2 atom stereocenters. The Bertz CT molecular complexity index is 389. The van der Waals surface area contributed by atoms with Crippen molar-refractivity contribution in [2.24, 2.45) is 0 Å². The zero-order valence-corrected chi connectivity index (χ0v) is 8.24. The van der Waals surface area contributed by atoms with Crippen molar-refractivity contribution >= 4 is 5.97 Å². The molecule has 0 aliphatic carbocycles. The van der Waals surface area contributed by atoms with Gasteiger partial charge in [-0.2, -0.15) is 0 Å². The van der Waals surface area contributed by atoms with Crippen molar-refractivity contribution in [3.63, 3.8) is 0 Å². The zero-order chi connectivity index (χ0) is 12.3. The second-order valence-corrected chi connectivity index (χ2v) is 3.28. The average Bonchev–Trinajstić information content (AvgIpc) is 2.26. The molecule has 0 aromatic heterocycles. The summed E-state index contributed by atoms with van der Waals surface area (Å²) in [5, 5.41) is 45.2. The standard InChI is InChI=1S/C10H12O6/c11-4-8(13)9(14)5-1-2-6(10(15)16)7(12)3-5/h1-3,8-9,11-14H,4H2,(H,15,16). The molecule has 0 aliphatic rings. The number of aromatic hydroxyl groups is 1. The fourth-order valence-electron chi connectivity index (χ4n) is 1.24. The van der Waals surface area contributed by atoms with E-state index >= 15 is 0 Å². The fourth-order valence-corrected chi connectivity index (χ4v) is 1.24. The predicted molar refractivity (Wildman–Crippen MR) is 53.1 cm³/mol. The van der Waals surface area contributed by atoms with Crippen LogP contribution < -0.4 is 0 Å². The summed E-state index contributed by atoms with van der Waals surface area (Å²) in [6.45, 7) is -0.636. The minimum absolute atomic E-state index is 0.129. The minimum Gasteiger partial charge on any atom is -0.507 e. The molecule has 1 aromatic carbocycles. The lowest BCUT2D eigenvalue weighted by molar-refractivity contribution is -0.0153. The molecule has 16 heavy (non-hydrogen) atoms. The Morgan fingerprint density at radius 3 is 2.38 bits per heavy atom. The van der Waals surface area contributed by atoms with Gasteiger partial charge in [-0.05, 0) is 17.7 Å². The zero-order valence-electron chi connectivity index (χ0n) is 8.24. The first-order valence-electron chi connectivity index (χ1n) is 4.50. The summed E-state index contributed by atoms with van der Waals surface area (Å²) in [6, 6.07) is 3.40. The van der Waals surface area contributed by atoms with Gasteiger partial charge < -0.3 is 25.5 Å². The molecule has 88 valence electrons. The smallest absolute Gasteiger partial charge is 0.339 e. The van der Waals surface area contributed by atoms with E-state index in [1.807, 2.05) is 0 Å². The summed E-state index contributed by atoms with van der Waals surface area (Å²) in [6.07, 6.45) is -2.76. The predicted octanol–water partition coefficient (Wildman–Crippen LogP) is -0.523. The number of carbonyl (C=O) groups is 1. The van der Waals surface area contributed by atoms with Crippen molar-refractivity contribution < 1.29 is 30.3 Å². The molecule has 0 radical (unpaired) electrons. The number of carboxylic acids is 1. The lowest BCUT2D eigenvalue weighted by Crippen LogP contribution is -2.22. The normalized spacial score (nSPS) is 14.4. The van der Waals surface area contributed by atoms with E-state index in [0.29, 0.717) is 0 Å². The van der Waals surface area contributed by atoms with E-state index in [1.165, 1.54) is 6.07 Å². The summed E-state index contributed by atoms with van der Waals surface area (Å²) < 4.78 is 0. The van der Waals surface area contributed by atoms with E-state index in [1.54, 1.807) is 0 Å². The van der Waals surface area contributed by atoms with Crippen LogP contribution in [0.25, 0.3) is 0 Å². The third kappa shape index (κ3) is 2.48. The number of phenols is 1. The number of carboxylic acid groups (broad SMARTS) is 1. The minimum atomic E-state index is -1.38. The van der Waals surface area contributed by atoms with E-state index in [0.717, 1.165) is 12.1 Å². The first-order chi connectivity index (χ1) is 7.47. The number of benzene rings is 1. The number of aromatic carboxylic acids is 1. The first-order valence-corrected chi connectivity index (χ1v) is 4.50. The Kier molecular flexibility index (Phi) is 3.83. The molecule has 0 heterocycles. The van der Waals surface area contributed by atoms with Crippen LogP contribution >= 0.6 is 0 Å². The third-order valence-corrected chi connectivity index (χ3v) is 2.15. The van der Waals surface area contributed by atoms with Crippen molar-refractivity contribution in [2.45, 2.75) is 12.2 Å². The Labute approximate surface area is 91.0 Å². The van der Waals surface area contributed by atoms with Crippen LogP contribution in [0.15, 0.2) is 18.2 Å². The molecule has 0 saturated heterocycles. The largest absolute Gasteiger partial charge is 0.507 e. The summed E-state index contributed by atoms with van der Waals surface area (Å²) in [7, 11) is 0. The van der Waals surface area contributed by atoms with Gasteiger partial charge in [0, 0.05) is 0 Å². The summed E-state index contributed by atoms with van der Waals surface area (Å²) in [5.74, 6) is -1.80. The van der Waals surface area contributed by atoms with Crippen LogP contribution in [0.2, 0.25) is 0 Å². The molecule has 0 amide bonds. The summed E-state index contributed by atoms with van der Waals surface area (Å²) in [4.78, 5) is 10.6. The molecule has 0 aliphatic heterocycles. The molecule has 1 aromatic rings. The first kappa shape index (κ1) is 12.4. The maximum Gasteiger partial charge on any atom is 0.339 e. The molecule has 6 heteroatoms. The number of aliphatic hydroxyl groups is 3. The van der Waals surface area contributed by atoms with Gasteiger partial charge in [0.2, 0.25) is 0 Å². The maximum atomic E-state index is 10.6. The fraction of sp³-hybridized carbons (Fsp3) is 0.300. The van der Waals surface area contributed by atoms with Crippen molar-refractivity contribution in [1.29, 1.82) is 0 Å². The van der Waals surface area contributed by atoms with E-state index in [-0.39, 0.29) is 11.1 Å². The highest BCUT2D eigenvalue weighted by atomic mass is 16.4. The Hall–Kier alpha value is -1.63. The number of aliphatic hydroxyl groups excluding tert-OH is 3. The van der Waals surface area contributed by atoms with Crippen LogP contribution in [0.4, 0.5) is 0 Å². The molecule has 1 rings (SSSR count). The van der Waals surface area contributed by atoms with Gasteiger partial charge in [0.15, 0.2) is 0 Å². The topological polar surface area (TPSA) is 118 Å². The highest BCUT2D eigenvalue weighted by Crippen LogP contribution is 2.24. The van der Waals surface area contributed by atoms with Crippen LogP contribution in [0.1, 0.15) is 22.0 Å². The van der Waals surface area contributed by atoms with Gasteiger partial charge in [-0.25, -0.2) is 4.79 Å². The number of rotatable bonds is 4. The van der Waals surface area contributed by atoms with Gasteiger partial charge >= 0.3 is 5.97 Å². The van der Waals surface area contributed by atoms with Crippen LogP contribution in [0, 0.1) is 0 Å². The monoisotopic (exact) mass is 228 g/mol. The molecular formula is C10H12O6. The van der Waals surface area contributed by atoms with Crippen molar-refractivity contribution in [2.75, 3.05) is 6.61 Å². The Balaban J connectivity index is 3.01. The van der Waals surface area contributed by atoms with Gasteiger partial charge in [-0.1, -0.05) is 6.07 Å². The third-order valence-electron chi connectivity index (χ3n) is 2.15.